The van der Waals surface area contributed by atoms with Gasteiger partial charge in [-0.05, 0) is 44.4 Å². The molecule has 0 fully saturated rings. The van der Waals surface area contributed by atoms with Crippen molar-refractivity contribution in [3.8, 4) is 0 Å². The van der Waals surface area contributed by atoms with Gasteiger partial charge in [-0.2, -0.15) is 0 Å². The normalized spacial score (nSPS) is 14.6. The zero-order valence-corrected chi connectivity index (χ0v) is 17.4. The van der Waals surface area contributed by atoms with E-state index < -0.39 is 0 Å². The van der Waals surface area contributed by atoms with Gasteiger partial charge in [-0.15, -0.1) is 11.3 Å². The number of benzene rings is 1. The van der Waals surface area contributed by atoms with Gasteiger partial charge in [0.1, 0.15) is 4.83 Å². The molecule has 1 amide bonds. The lowest BCUT2D eigenvalue weighted by Crippen LogP contribution is -2.35. The van der Waals surface area contributed by atoms with Crippen LogP contribution >= 0.6 is 23.1 Å². The summed E-state index contributed by atoms with van der Waals surface area (Å²) in [5.41, 5.74) is 3.16. The average Bonchev–Trinajstić information content (AvgIpc) is 3.20. The van der Waals surface area contributed by atoms with Gasteiger partial charge < -0.3 is 4.90 Å². The van der Waals surface area contributed by atoms with Gasteiger partial charge in [0.15, 0.2) is 5.16 Å². The van der Waals surface area contributed by atoms with Crippen molar-refractivity contribution in [3.05, 3.63) is 50.6 Å². The molecule has 0 bridgehead atoms. The first-order valence-electron chi connectivity index (χ1n) is 8.91. The van der Waals surface area contributed by atoms with Crippen molar-refractivity contribution in [2.45, 2.75) is 37.6 Å². The van der Waals surface area contributed by atoms with Crippen LogP contribution in [-0.2, 0) is 18.3 Å². The number of thiophene rings is 1. The molecule has 0 N–H and O–H groups in total. The summed E-state index contributed by atoms with van der Waals surface area (Å²) >= 11 is 2.89. The van der Waals surface area contributed by atoms with Crippen LogP contribution < -0.4 is 10.5 Å². The summed E-state index contributed by atoms with van der Waals surface area (Å²) in [6.07, 6.45) is 0.885. The largest absolute Gasteiger partial charge is 0.311 e. The molecule has 1 atom stereocenters. The first-order chi connectivity index (χ1) is 12.9. The zero-order chi connectivity index (χ0) is 19.3. The van der Waals surface area contributed by atoms with Gasteiger partial charge in [-0.1, -0.05) is 30.0 Å². The van der Waals surface area contributed by atoms with Crippen LogP contribution in [0.25, 0.3) is 10.2 Å². The topological polar surface area (TPSA) is 55.2 Å². The van der Waals surface area contributed by atoms with Crippen LogP contribution in [-0.4, -0.2) is 27.3 Å². The Morgan fingerprint density at radius 1 is 1.30 bits per heavy atom. The van der Waals surface area contributed by atoms with Crippen molar-refractivity contribution in [2.75, 3.05) is 11.4 Å². The Bertz CT molecular complexity index is 1120. The Kier molecular flexibility index (Phi) is 4.60. The lowest BCUT2D eigenvalue weighted by Gasteiger charge is -2.21. The van der Waals surface area contributed by atoms with Crippen molar-refractivity contribution in [3.63, 3.8) is 0 Å². The summed E-state index contributed by atoms with van der Waals surface area (Å²) in [4.78, 5) is 34.2. The van der Waals surface area contributed by atoms with Gasteiger partial charge in [-0.3, -0.25) is 14.2 Å². The van der Waals surface area contributed by atoms with E-state index in [0.717, 1.165) is 27.4 Å². The van der Waals surface area contributed by atoms with Crippen LogP contribution in [0.4, 0.5) is 5.69 Å². The number of aromatic nitrogens is 2. The summed E-state index contributed by atoms with van der Waals surface area (Å²) in [5, 5.41) is 0.952. The third-order valence-corrected chi connectivity index (χ3v) is 7.38. The number of aryl methyl sites for hydroxylation is 2. The molecule has 1 aliphatic rings. The number of anilines is 1. The van der Waals surface area contributed by atoms with E-state index in [1.54, 1.807) is 11.6 Å². The fraction of sp³-hybridized carbons (Fsp3) is 0.350. The van der Waals surface area contributed by atoms with Crippen molar-refractivity contribution in [2.24, 2.45) is 7.05 Å². The van der Waals surface area contributed by atoms with Crippen molar-refractivity contribution in [1.29, 1.82) is 0 Å². The summed E-state index contributed by atoms with van der Waals surface area (Å²) < 4.78 is 1.56. The van der Waals surface area contributed by atoms with E-state index in [1.807, 2.05) is 43.9 Å². The molecule has 0 aliphatic carbocycles. The molecule has 3 aromatic rings. The quantitative estimate of drug-likeness (QED) is 0.498. The molecular weight excluding hydrogens is 378 g/mol. The van der Waals surface area contributed by atoms with Crippen LogP contribution in [0.1, 0.15) is 22.9 Å². The number of thioether (sulfide) groups is 1. The molecule has 3 heterocycles. The monoisotopic (exact) mass is 399 g/mol. The molecule has 1 aromatic carbocycles. The molecule has 0 unspecified atom stereocenters. The van der Waals surface area contributed by atoms with Crippen LogP contribution in [0.2, 0.25) is 0 Å². The number of amides is 1. The summed E-state index contributed by atoms with van der Waals surface area (Å²) in [7, 11) is 1.73. The number of para-hydroxylation sites is 1. The minimum Gasteiger partial charge on any atom is -0.311 e. The van der Waals surface area contributed by atoms with Gasteiger partial charge in [0.05, 0.1) is 10.6 Å². The van der Waals surface area contributed by atoms with Crippen LogP contribution in [0.3, 0.4) is 0 Å². The number of hydrogen-bond acceptors (Lipinski definition) is 5. The SMILES string of the molecule is Cc1sc2nc(S[C@H](C)C(=O)N3CCc4ccccc43)n(C)c(=O)c2c1C. The lowest BCUT2D eigenvalue weighted by atomic mass is 10.2. The molecule has 27 heavy (non-hydrogen) atoms. The molecule has 1 aliphatic heterocycles. The van der Waals surface area contributed by atoms with E-state index in [4.69, 9.17) is 0 Å². The van der Waals surface area contributed by atoms with Crippen LogP contribution in [0, 0.1) is 13.8 Å². The smallest absolute Gasteiger partial charge is 0.262 e. The summed E-state index contributed by atoms with van der Waals surface area (Å²) in [6.45, 7) is 6.55. The number of rotatable bonds is 3. The molecule has 0 saturated heterocycles. The number of hydrogen-bond donors (Lipinski definition) is 0. The van der Waals surface area contributed by atoms with E-state index in [9.17, 15) is 9.59 Å². The minimum atomic E-state index is -0.325. The van der Waals surface area contributed by atoms with Crippen molar-refractivity contribution in [1.82, 2.24) is 9.55 Å². The van der Waals surface area contributed by atoms with E-state index >= 15 is 0 Å². The van der Waals surface area contributed by atoms with Gasteiger partial charge in [0.2, 0.25) is 5.91 Å². The molecule has 7 heteroatoms. The highest BCUT2D eigenvalue weighted by Crippen LogP contribution is 2.32. The highest BCUT2D eigenvalue weighted by molar-refractivity contribution is 8.00. The highest BCUT2D eigenvalue weighted by atomic mass is 32.2. The number of carbonyl (C=O) groups excluding carboxylic acids is 1. The van der Waals surface area contributed by atoms with E-state index in [2.05, 4.69) is 11.1 Å². The number of fused-ring (bicyclic) bond motifs is 2. The maximum absolute atomic E-state index is 13.0. The molecular formula is C20H21N3O2S2. The second kappa shape index (κ2) is 6.80. The van der Waals surface area contributed by atoms with Crippen LogP contribution in [0.15, 0.2) is 34.2 Å². The Morgan fingerprint density at radius 2 is 2.04 bits per heavy atom. The first-order valence-corrected chi connectivity index (χ1v) is 10.6. The number of nitrogens with zero attached hydrogens (tertiary/aromatic N) is 3. The maximum atomic E-state index is 13.0. The second-order valence-electron chi connectivity index (χ2n) is 6.85. The maximum Gasteiger partial charge on any atom is 0.262 e. The molecule has 5 nitrogen and oxygen atoms in total. The second-order valence-corrected chi connectivity index (χ2v) is 9.36. The molecule has 0 radical (unpaired) electrons. The van der Waals surface area contributed by atoms with E-state index in [0.29, 0.717) is 17.1 Å². The first kappa shape index (κ1) is 18.3. The molecule has 140 valence electrons. The Morgan fingerprint density at radius 3 is 2.81 bits per heavy atom. The molecule has 0 saturated carbocycles. The van der Waals surface area contributed by atoms with E-state index in [-0.39, 0.29) is 16.7 Å². The number of carbonyl (C=O) groups is 1. The van der Waals surface area contributed by atoms with Gasteiger partial charge in [0, 0.05) is 24.2 Å². The molecule has 2 aromatic heterocycles. The third-order valence-electron chi connectivity index (χ3n) is 5.15. The van der Waals surface area contributed by atoms with Gasteiger partial charge in [0.25, 0.3) is 5.56 Å². The third kappa shape index (κ3) is 2.99. The fourth-order valence-corrected chi connectivity index (χ4v) is 5.46. The van der Waals surface area contributed by atoms with Crippen molar-refractivity contribution < 1.29 is 4.79 Å². The standard InChI is InChI=1S/C20H21N3O2S2/c1-11-12(2)26-17-16(11)19(25)22(4)20(21-17)27-13(3)18(24)23-10-9-14-7-5-6-8-15(14)23/h5-8,13H,9-10H2,1-4H3/t13-/m1/s1. The molecule has 4 rings (SSSR count). The fourth-order valence-electron chi connectivity index (χ4n) is 3.46. The van der Waals surface area contributed by atoms with Crippen LogP contribution in [0.5, 0.6) is 0 Å². The lowest BCUT2D eigenvalue weighted by molar-refractivity contribution is -0.117. The summed E-state index contributed by atoms with van der Waals surface area (Å²) in [5.74, 6) is 0.0536. The average molecular weight is 400 g/mol. The molecule has 0 spiro atoms. The predicted molar refractivity (Wildman–Crippen MR) is 112 cm³/mol. The Labute approximate surface area is 166 Å². The Hall–Kier alpha value is -2.12. The van der Waals surface area contributed by atoms with Gasteiger partial charge in [-0.25, -0.2) is 4.98 Å². The minimum absolute atomic E-state index is 0.0458. The zero-order valence-electron chi connectivity index (χ0n) is 15.8. The van der Waals surface area contributed by atoms with E-state index in [1.165, 1.54) is 28.7 Å². The summed E-state index contributed by atoms with van der Waals surface area (Å²) in [6, 6.07) is 8.03. The van der Waals surface area contributed by atoms with Crippen molar-refractivity contribution >= 4 is 44.9 Å². The predicted octanol–water partition coefficient (Wildman–Crippen LogP) is 3.68. The van der Waals surface area contributed by atoms with Gasteiger partial charge >= 0.3 is 0 Å². The highest BCUT2D eigenvalue weighted by Gasteiger charge is 2.29. The Balaban J connectivity index is 1.64.